The van der Waals surface area contributed by atoms with Crippen LogP contribution in [0.1, 0.15) is 17.0 Å². The second-order valence-corrected chi connectivity index (χ2v) is 19.7. The Morgan fingerprint density at radius 2 is 1.18 bits per heavy atom. The van der Waals surface area contributed by atoms with Crippen molar-refractivity contribution in [3.8, 4) is 11.8 Å². The highest BCUT2D eigenvalue weighted by atomic mass is 28.3. The molecular weight excluding hydrogens is 747 g/mol. The number of fused-ring (bicyclic) bond motifs is 10. The lowest BCUT2D eigenvalue weighted by atomic mass is 9.91. The number of anilines is 2. The van der Waals surface area contributed by atoms with Gasteiger partial charge in [0.25, 0.3) is 0 Å². The molecule has 1 aliphatic carbocycles. The number of aromatic nitrogens is 1. The molecule has 0 fully saturated rings. The van der Waals surface area contributed by atoms with Crippen LogP contribution in [0.4, 0.5) is 11.4 Å². The maximum Gasteiger partial charge on any atom is 0.179 e. The summed E-state index contributed by atoms with van der Waals surface area (Å²) < 4.78 is 8.92. The summed E-state index contributed by atoms with van der Waals surface area (Å²) in [5, 5.41) is 19.9. The Balaban J connectivity index is 1.16. The maximum atomic E-state index is 10.4. The summed E-state index contributed by atoms with van der Waals surface area (Å²) in [5.74, 6) is 0.278. The fourth-order valence-electron chi connectivity index (χ4n) is 10.4. The van der Waals surface area contributed by atoms with Gasteiger partial charge in [0.1, 0.15) is 11.2 Å². The minimum absolute atomic E-state index is 0.173. The van der Waals surface area contributed by atoms with E-state index in [1.807, 2.05) is 12.1 Å². The molecule has 0 saturated heterocycles. The van der Waals surface area contributed by atoms with Crippen LogP contribution in [0.3, 0.4) is 0 Å². The van der Waals surface area contributed by atoms with E-state index in [-0.39, 0.29) is 12.0 Å². The highest BCUT2D eigenvalue weighted by molar-refractivity contribution is 7.20. The van der Waals surface area contributed by atoms with E-state index in [1.54, 1.807) is 0 Å². The molecule has 2 aromatic heterocycles. The number of rotatable bonds is 6. The van der Waals surface area contributed by atoms with Gasteiger partial charge in [-0.3, -0.25) is 0 Å². The summed E-state index contributed by atoms with van der Waals surface area (Å²) in [6.07, 6.45) is 9.03. The van der Waals surface area contributed by atoms with Crippen LogP contribution in [0, 0.1) is 11.3 Å². The number of allylic oxidation sites excluding steroid dienone is 2. The molecule has 0 amide bonds. The maximum absolute atomic E-state index is 10.4. The first-order valence-electron chi connectivity index (χ1n) is 20.6. The average Bonchev–Trinajstić information content (AvgIpc) is 3.98. The lowest BCUT2D eigenvalue weighted by Crippen LogP contribution is -2.74. The summed E-state index contributed by atoms with van der Waals surface area (Å²) >= 11 is 0. The number of hydrogen-bond acceptors (Lipinski definition) is 3. The first-order chi connectivity index (χ1) is 29.7. The van der Waals surface area contributed by atoms with Gasteiger partial charge < -0.3 is 13.9 Å². The molecule has 1 aliphatic heterocycles. The van der Waals surface area contributed by atoms with Crippen LogP contribution < -0.4 is 25.6 Å². The van der Waals surface area contributed by atoms with E-state index in [9.17, 15) is 5.26 Å². The molecule has 0 radical (unpaired) electrons. The number of furan rings is 1. The van der Waals surface area contributed by atoms with Crippen LogP contribution in [0.2, 0.25) is 0 Å². The summed E-state index contributed by atoms with van der Waals surface area (Å²) in [7, 11) is -3.17. The van der Waals surface area contributed by atoms with Gasteiger partial charge in [-0.05, 0) is 93.0 Å². The summed E-state index contributed by atoms with van der Waals surface area (Å²) in [6.45, 7) is 0. The monoisotopic (exact) mass is 783 g/mol. The molecule has 10 aromatic rings. The van der Waals surface area contributed by atoms with E-state index in [4.69, 9.17) is 4.42 Å². The number of nitrogens with zero attached hydrogens (tertiary/aromatic N) is 3. The van der Waals surface area contributed by atoms with Crippen LogP contribution in [-0.4, -0.2) is 18.7 Å². The van der Waals surface area contributed by atoms with Gasteiger partial charge in [-0.25, -0.2) is 0 Å². The second-order valence-electron chi connectivity index (χ2n) is 15.9. The molecule has 4 nitrogen and oxygen atoms in total. The van der Waals surface area contributed by atoms with Gasteiger partial charge in [-0.1, -0.05) is 146 Å². The molecular formula is C55H37N3OSi. The third-order valence-electron chi connectivity index (χ3n) is 12.9. The van der Waals surface area contributed by atoms with Crippen molar-refractivity contribution in [1.82, 2.24) is 4.57 Å². The van der Waals surface area contributed by atoms with Crippen LogP contribution in [0.5, 0.6) is 0 Å². The molecule has 60 heavy (non-hydrogen) atoms. The Bertz CT molecular complexity index is 3440. The van der Waals surface area contributed by atoms with Crippen LogP contribution in [-0.2, 0) is 0 Å². The fourth-order valence-corrected chi connectivity index (χ4v) is 15.2. The Morgan fingerprint density at radius 1 is 0.517 bits per heavy atom. The normalized spacial score (nSPS) is 16.6. The summed E-state index contributed by atoms with van der Waals surface area (Å²) in [5.41, 5.74) is 9.50. The molecule has 2 aliphatic rings. The highest BCUT2D eigenvalue weighted by Crippen LogP contribution is 2.47. The van der Waals surface area contributed by atoms with E-state index >= 15 is 0 Å². The van der Waals surface area contributed by atoms with Crippen molar-refractivity contribution in [3.63, 3.8) is 0 Å². The van der Waals surface area contributed by atoms with Gasteiger partial charge in [0.05, 0.1) is 34.1 Å². The number of nitriles is 1. The van der Waals surface area contributed by atoms with E-state index < -0.39 is 8.07 Å². The molecule has 3 heterocycles. The van der Waals surface area contributed by atoms with Crippen LogP contribution in [0.15, 0.2) is 217 Å². The van der Waals surface area contributed by atoms with Crippen molar-refractivity contribution < 1.29 is 4.42 Å². The topological polar surface area (TPSA) is 45.1 Å². The van der Waals surface area contributed by atoms with Crippen molar-refractivity contribution in [1.29, 1.82) is 5.26 Å². The largest absolute Gasteiger partial charge is 0.456 e. The van der Waals surface area contributed by atoms with Crippen LogP contribution in [0.25, 0.3) is 49.4 Å². The molecule has 0 N–H and O–H groups in total. The molecule has 0 saturated carbocycles. The Kier molecular flexibility index (Phi) is 7.71. The van der Waals surface area contributed by atoms with Gasteiger partial charge in [0.2, 0.25) is 0 Å². The molecule has 3 unspecified atom stereocenters. The zero-order valence-electron chi connectivity index (χ0n) is 32.6. The Labute approximate surface area is 348 Å². The third-order valence-corrected chi connectivity index (χ3v) is 17.6. The first-order valence-corrected chi connectivity index (χ1v) is 22.6. The summed E-state index contributed by atoms with van der Waals surface area (Å²) in [6, 6.07) is 70.7. The van der Waals surface area contributed by atoms with Gasteiger partial charge in [0, 0.05) is 39.1 Å². The number of benzene rings is 8. The van der Waals surface area contributed by atoms with Gasteiger partial charge >= 0.3 is 0 Å². The van der Waals surface area contributed by atoms with E-state index in [1.165, 1.54) is 37.6 Å². The lowest BCUT2D eigenvalue weighted by molar-refractivity contribution is 0.669. The minimum Gasteiger partial charge on any atom is -0.456 e. The zero-order valence-corrected chi connectivity index (χ0v) is 33.6. The van der Waals surface area contributed by atoms with Gasteiger partial charge in [-0.2, -0.15) is 5.26 Å². The Morgan fingerprint density at radius 3 is 2.03 bits per heavy atom. The van der Waals surface area contributed by atoms with Crippen molar-refractivity contribution >= 4 is 83.9 Å². The molecule has 282 valence electrons. The van der Waals surface area contributed by atoms with Crippen molar-refractivity contribution in [2.24, 2.45) is 0 Å². The Hall–Kier alpha value is -7.65. The molecule has 12 rings (SSSR count). The molecule has 3 atom stereocenters. The van der Waals surface area contributed by atoms with Gasteiger partial charge in [0.15, 0.2) is 8.07 Å². The van der Waals surface area contributed by atoms with E-state index in [2.05, 4.69) is 216 Å². The molecule has 0 spiro atoms. The fraction of sp³-hybridized carbons (Fsp3) is 0.0364. The SMILES string of the molecule is N#Cc1cccc([Si](c2ccccc2)(c2cccc(N3c4ccccc4C4C=CC=CC43)c2)c2cccc(-n3c4ccccc4c4ccc5oc6ccccc6c5c43)c2)c1. The second kappa shape index (κ2) is 13.5. The summed E-state index contributed by atoms with van der Waals surface area (Å²) in [4.78, 5) is 2.52. The van der Waals surface area contributed by atoms with E-state index in [0.29, 0.717) is 5.56 Å². The zero-order chi connectivity index (χ0) is 39.8. The van der Waals surface area contributed by atoms with Crippen LogP contribution >= 0.6 is 0 Å². The van der Waals surface area contributed by atoms with Gasteiger partial charge in [-0.15, -0.1) is 0 Å². The standard InChI is InChI=1S/C55H37N3OSi/c56-36-37-15-12-20-41(33-37)60(40-18-2-1-3-19-40,42-21-13-16-38(34-42)57-49-27-8-4-23-44(49)45-24-5-9-28-50(45)57)43-22-14-17-39(35-43)58-51-29-10-6-25-46(51)47-31-32-53-54(55(47)58)48-26-7-11-30-52(48)59-53/h1-35,44,49H. The highest BCUT2D eigenvalue weighted by Gasteiger charge is 2.43. The number of para-hydroxylation sites is 3. The minimum atomic E-state index is -3.17. The van der Waals surface area contributed by atoms with Crippen molar-refractivity contribution in [2.75, 3.05) is 4.90 Å². The predicted octanol–water partition coefficient (Wildman–Crippen LogP) is 10.7. The molecule has 0 bridgehead atoms. The molecule has 5 heteroatoms. The smallest absolute Gasteiger partial charge is 0.179 e. The molecule has 8 aromatic carbocycles. The lowest BCUT2D eigenvalue weighted by Gasteiger charge is -2.36. The predicted molar refractivity (Wildman–Crippen MR) is 250 cm³/mol. The third kappa shape index (κ3) is 4.95. The van der Waals surface area contributed by atoms with Crippen molar-refractivity contribution in [3.05, 3.63) is 223 Å². The number of hydrogen-bond donors (Lipinski definition) is 0. The van der Waals surface area contributed by atoms with E-state index in [0.717, 1.165) is 49.5 Å². The van der Waals surface area contributed by atoms with Crippen molar-refractivity contribution in [2.45, 2.75) is 12.0 Å². The average molecular weight is 784 g/mol. The quantitative estimate of drug-likeness (QED) is 0.125. The first kappa shape index (κ1) is 34.4.